The van der Waals surface area contributed by atoms with Crippen LogP contribution in [0.2, 0.25) is 0 Å². The molecule has 1 saturated carbocycles. The number of nitrogens with zero attached hydrogens (tertiary/aromatic N) is 1. The van der Waals surface area contributed by atoms with Crippen molar-refractivity contribution < 1.29 is 23.6 Å². The third-order valence-corrected chi connectivity index (χ3v) is 2.84. The first kappa shape index (κ1) is 13.1. The molecular formula is C12H10FNO5. The summed E-state index contributed by atoms with van der Waals surface area (Å²) in [6.45, 7) is -0.495. The Kier molecular flexibility index (Phi) is 3.55. The lowest BCUT2D eigenvalue weighted by Crippen LogP contribution is -2.18. The van der Waals surface area contributed by atoms with Crippen molar-refractivity contribution >= 4 is 11.8 Å². The molecule has 0 heterocycles. The molecule has 0 aromatic heterocycles. The minimum Gasteiger partial charge on any atom is -0.457 e. The largest absolute Gasteiger partial charge is 0.457 e. The normalized spacial score (nSPS) is 20.7. The lowest BCUT2D eigenvalue weighted by atomic mass is 10.1. The second kappa shape index (κ2) is 5.13. The van der Waals surface area contributed by atoms with Crippen LogP contribution in [0.3, 0.4) is 0 Å². The van der Waals surface area contributed by atoms with Crippen LogP contribution in [0.5, 0.6) is 0 Å². The van der Waals surface area contributed by atoms with Crippen molar-refractivity contribution in [3.05, 3.63) is 45.8 Å². The van der Waals surface area contributed by atoms with Crippen LogP contribution in [0, 0.1) is 21.8 Å². The van der Waals surface area contributed by atoms with Crippen molar-refractivity contribution in [3.8, 4) is 0 Å². The van der Waals surface area contributed by atoms with E-state index >= 15 is 0 Å². The minimum atomic E-state index is -0.895. The first-order valence-electron chi connectivity index (χ1n) is 5.58. The smallest absolute Gasteiger partial charge is 0.316 e. The Balaban J connectivity index is 1.83. The molecule has 0 radical (unpaired) electrons. The Morgan fingerprint density at radius 3 is 2.53 bits per heavy atom. The fourth-order valence-electron chi connectivity index (χ4n) is 1.63. The summed E-state index contributed by atoms with van der Waals surface area (Å²) < 4.78 is 17.3. The number of ketones is 1. The number of carbonyl (C=O) groups excluding carboxylic acids is 2. The molecule has 2 unspecified atom stereocenters. The van der Waals surface area contributed by atoms with Crippen molar-refractivity contribution in [2.45, 2.75) is 12.5 Å². The summed E-state index contributed by atoms with van der Waals surface area (Å²) in [5.74, 6) is -2.44. The molecule has 0 aliphatic heterocycles. The Morgan fingerprint density at radius 2 is 2.00 bits per heavy atom. The van der Waals surface area contributed by atoms with Crippen LogP contribution in [0.15, 0.2) is 24.3 Å². The monoisotopic (exact) mass is 267 g/mol. The van der Waals surface area contributed by atoms with E-state index in [-0.39, 0.29) is 12.0 Å². The third-order valence-electron chi connectivity index (χ3n) is 2.84. The molecular weight excluding hydrogens is 257 g/mol. The van der Waals surface area contributed by atoms with Crippen molar-refractivity contribution in [1.82, 2.24) is 0 Å². The average molecular weight is 267 g/mol. The molecule has 0 saturated heterocycles. The van der Waals surface area contributed by atoms with Gasteiger partial charge in [-0.15, -0.1) is 0 Å². The highest BCUT2D eigenvalue weighted by atomic mass is 19.1. The lowest BCUT2D eigenvalue weighted by Gasteiger charge is -2.03. The van der Waals surface area contributed by atoms with Crippen LogP contribution in [0.25, 0.3) is 0 Å². The van der Waals surface area contributed by atoms with E-state index in [9.17, 15) is 24.1 Å². The molecule has 0 amide bonds. The van der Waals surface area contributed by atoms with Gasteiger partial charge in [-0.25, -0.2) is 4.39 Å². The molecule has 2 atom stereocenters. The summed E-state index contributed by atoms with van der Waals surface area (Å²) in [4.78, 5) is 32.8. The second-order valence-electron chi connectivity index (χ2n) is 4.23. The van der Waals surface area contributed by atoms with Crippen LogP contribution in [0.1, 0.15) is 16.8 Å². The van der Waals surface area contributed by atoms with Gasteiger partial charge in [0.1, 0.15) is 11.7 Å². The van der Waals surface area contributed by atoms with Crippen molar-refractivity contribution in [2.24, 2.45) is 5.92 Å². The first-order valence-corrected chi connectivity index (χ1v) is 5.58. The number of nitro groups is 1. The number of ether oxygens (including phenoxy) is 1. The highest BCUT2D eigenvalue weighted by Gasteiger charge is 2.54. The molecule has 6 nitrogen and oxygen atoms in total. The Hall–Kier alpha value is -2.31. The molecule has 1 aromatic carbocycles. The van der Waals surface area contributed by atoms with Gasteiger partial charge >= 0.3 is 5.97 Å². The number of halogens is 1. The van der Waals surface area contributed by atoms with Crippen LogP contribution in [-0.4, -0.2) is 29.3 Å². The summed E-state index contributed by atoms with van der Waals surface area (Å²) in [7, 11) is 0. The van der Waals surface area contributed by atoms with Crippen LogP contribution < -0.4 is 0 Å². The van der Waals surface area contributed by atoms with Gasteiger partial charge in [0.25, 0.3) is 0 Å². The van der Waals surface area contributed by atoms with Gasteiger partial charge in [0, 0.05) is 16.9 Å². The number of hydrogen-bond acceptors (Lipinski definition) is 5. The highest BCUT2D eigenvalue weighted by Crippen LogP contribution is 2.34. The van der Waals surface area contributed by atoms with E-state index in [1.165, 1.54) is 12.1 Å². The standard InChI is InChI=1S/C12H10FNO5/c13-8-3-1-7(2-4-8)11(15)6-19-12(16)9-5-10(9)14(17)18/h1-4,9-10H,5-6H2. The quantitative estimate of drug-likeness (QED) is 0.346. The Labute approximate surface area is 107 Å². The summed E-state index contributed by atoms with van der Waals surface area (Å²) in [5.41, 5.74) is 0.218. The van der Waals surface area contributed by atoms with Crippen LogP contribution >= 0.6 is 0 Å². The topological polar surface area (TPSA) is 86.5 Å². The number of benzene rings is 1. The third kappa shape index (κ3) is 3.12. The molecule has 0 bridgehead atoms. The number of Topliss-reactive ketones (excluding diaryl/α,β-unsaturated/α-hetero) is 1. The van der Waals surface area contributed by atoms with Crippen molar-refractivity contribution in [2.75, 3.05) is 6.61 Å². The van der Waals surface area contributed by atoms with E-state index in [2.05, 4.69) is 0 Å². The summed E-state index contributed by atoms with van der Waals surface area (Å²) in [5, 5.41) is 10.4. The van der Waals surface area contributed by atoms with E-state index < -0.39 is 41.1 Å². The molecule has 19 heavy (non-hydrogen) atoms. The fraction of sp³-hybridized carbons (Fsp3) is 0.333. The van der Waals surface area contributed by atoms with Gasteiger partial charge in [-0.3, -0.25) is 19.7 Å². The number of carbonyl (C=O) groups is 2. The van der Waals surface area contributed by atoms with Gasteiger partial charge in [0.15, 0.2) is 12.4 Å². The van der Waals surface area contributed by atoms with E-state index in [1.807, 2.05) is 0 Å². The predicted octanol–water partition coefficient (Wildman–Crippen LogP) is 1.22. The number of rotatable bonds is 5. The lowest BCUT2D eigenvalue weighted by molar-refractivity contribution is -0.497. The zero-order valence-corrected chi connectivity index (χ0v) is 9.74. The van der Waals surface area contributed by atoms with Crippen LogP contribution in [-0.2, 0) is 9.53 Å². The maximum absolute atomic E-state index is 12.6. The molecule has 0 N–H and O–H groups in total. The van der Waals surface area contributed by atoms with Gasteiger partial charge in [-0.2, -0.15) is 0 Å². The maximum atomic E-state index is 12.6. The SMILES string of the molecule is O=C(COC(=O)C1CC1[N+](=O)[O-])c1ccc(F)cc1. The zero-order valence-electron chi connectivity index (χ0n) is 9.74. The summed E-state index contributed by atoms with van der Waals surface area (Å²) in [6, 6.07) is 3.91. The zero-order chi connectivity index (χ0) is 14.0. The predicted molar refractivity (Wildman–Crippen MR) is 60.6 cm³/mol. The van der Waals surface area contributed by atoms with Gasteiger partial charge in [0.05, 0.1) is 0 Å². The van der Waals surface area contributed by atoms with Gasteiger partial charge in [-0.05, 0) is 24.3 Å². The van der Waals surface area contributed by atoms with Gasteiger partial charge in [0.2, 0.25) is 6.04 Å². The van der Waals surface area contributed by atoms with E-state index in [4.69, 9.17) is 4.74 Å². The molecule has 1 fully saturated rings. The molecule has 1 aliphatic rings. The molecule has 7 heteroatoms. The van der Waals surface area contributed by atoms with Gasteiger partial charge < -0.3 is 4.74 Å². The molecule has 1 aromatic rings. The van der Waals surface area contributed by atoms with Gasteiger partial charge in [-0.1, -0.05) is 0 Å². The van der Waals surface area contributed by atoms with Crippen molar-refractivity contribution in [1.29, 1.82) is 0 Å². The summed E-state index contributed by atoms with van der Waals surface area (Å²) in [6.07, 6.45) is 0.149. The van der Waals surface area contributed by atoms with E-state index in [0.29, 0.717) is 0 Å². The molecule has 2 rings (SSSR count). The Bertz CT molecular complexity index is 527. The second-order valence-corrected chi connectivity index (χ2v) is 4.23. The fourth-order valence-corrected chi connectivity index (χ4v) is 1.63. The van der Waals surface area contributed by atoms with E-state index in [1.54, 1.807) is 0 Å². The average Bonchev–Trinajstić information content (AvgIpc) is 3.16. The van der Waals surface area contributed by atoms with Crippen molar-refractivity contribution in [3.63, 3.8) is 0 Å². The maximum Gasteiger partial charge on any atom is 0.316 e. The van der Waals surface area contributed by atoms with Crippen LogP contribution in [0.4, 0.5) is 4.39 Å². The number of esters is 1. The summed E-state index contributed by atoms with van der Waals surface area (Å²) >= 11 is 0. The molecule has 100 valence electrons. The number of hydrogen-bond donors (Lipinski definition) is 0. The first-order chi connectivity index (χ1) is 8.99. The highest BCUT2D eigenvalue weighted by molar-refractivity contribution is 5.98. The van der Waals surface area contributed by atoms with E-state index in [0.717, 1.165) is 12.1 Å². The Morgan fingerprint density at radius 1 is 1.37 bits per heavy atom. The molecule has 1 aliphatic carbocycles. The molecule has 0 spiro atoms. The minimum absolute atomic E-state index is 0.149.